The van der Waals surface area contributed by atoms with Crippen LogP contribution in [0.5, 0.6) is 0 Å². The molecule has 1 heterocycles. The summed E-state index contributed by atoms with van der Waals surface area (Å²) in [5.41, 5.74) is 0. The summed E-state index contributed by atoms with van der Waals surface area (Å²) in [5.74, 6) is -6.42. The third kappa shape index (κ3) is 9.18. The standard InChI is InChI=1S/C8H20Cl6N6P4/c1-3-5-7-15-23(13)18-21(9,10)17-22(11,12)19-24(14,20-23)16-8-6-4-2/h15-16H,3-8H2,1-2H3. The van der Waals surface area contributed by atoms with Crippen LogP contribution in [0.2, 0.25) is 0 Å². The van der Waals surface area contributed by atoms with E-state index >= 15 is 0 Å². The maximum absolute atomic E-state index is 6.60. The van der Waals surface area contributed by atoms with Gasteiger partial charge in [-0.15, -0.1) is 0 Å². The van der Waals surface area contributed by atoms with Gasteiger partial charge >= 0.3 is 0 Å². The topological polar surface area (TPSA) is 73.5 Å². The van der Waals surface area contributed by atoms with E-state index in [1.54, 1.807) is 0 Å². The Morgan fingerprint density at radius 1 is 0.625 bits per heavy atom. The van der Waals surface area contributed by atoms with Crippen LogP contribution in [0.4, 0.5) is 0 Å². The average molecular weight is 537 g/mol. The van der Waals surface area contributed by atoms with E-state index in [1.807, 2.05) is 0 Å². The minimum Gasteiger partial charge on any atom is -0.253 e. The van der Waals surface area contributed by atoms with Crippen LogP contribution >= 0.6 is 92.7 Å². The molecular formula is C8H20Cl6N6P4. The minimum atomic E-state index is -3.21. The molecule has 0 saturated carbocycles. The fourth-order valence-electron chi connectivity index (χ4n) is 1.57. The molecule has 0 amide bonds. The number of rotatable bonds is 8. The molecule has 16 heteroatoms. The highest BCUT2D eigenvalue weighted by molar-refractivity contribution is 8.21. The molecule has 0 saturated heterocycles. The molecule has 2 unspecified atom stereocenters. The molecule has 0 fully saturated rings. The van der Waals surface area contributed by atoms with Crippen molar-refractivity contribution >= 4 is 92.7 Å². The SMILES string of the molecule is CCCCNP1(Cl)=NP(Cl)(Cl)=NP(Cl)(Cl)=NP(Cl)(NCCCC)=N1. The van der Waals surface area contributed by atoms with Gasteiger partial charge < -0.3 is 0 Å². The third-order valence-corrected chi connectivity index (χ3v) is 19.1. The van der Waals surface area contributed by atoms with Gasteiger partial charge in [0.1, 0.15) is 0 Å². The summed E-state index contributed by atoms with van der Waals surface area (Å²) < 4.78 is 17.1. The summed E-state index contributed by atoms with van der Waals surface area (Å²) in [4.78, 5) is 0. The largest absolute Gasteiger partial charge is 0.257 e. The van der Waals surface area contributed by atoms with Crippen LogP contribution in [-0.2, 0) is 0 Å². The zero-order valence-corrected chi connectivity index (χ0v) is 21.2. The van der Waals surface area contributed by atoms with Crippen LogP contribution in [0.15, 0.2) is 18.1 Å². The van der Waals surface area contributed by atoms with Gasteiger partial charge in [-0.3, -0.25) is 10.2 Å². The molecule has 1 aliphatic heterocycles. The molecule has 0 spiro atoms. The molecule has 0 bridgehead atoms. The Hall–Kier alpha value is 2.58. The summed E-state index contributed by atoms with van der Waals surface area (Å²) in [6.45, 7) is -0.656. The fraction of sp³-hybridized carbons (Fsp3) is 1.00. The molecular weight excluding hydrogens is 517 g/mol. The molecule has 144 valence electrons. The molecule has 0 radical (unpaired) electrons. The number of halogens is 6. The van der Waals surface area contributed by atoms with E-state index in [2.05, 4.69) is 42.1 Å². The molecule has 0 aromatic heterocycles. The summed E-state index contributed by atoms with van der Waals surface area (Å²) in [7, 11) is 0. The molecule has 1 aliphatic rings. The van der Waals surface area contributed by atoms with Crippen LogP contribution < -0.4 is 10.2 Å². The molecule has 6 nitrogen and oxygen atoms in total. The van der Waals surface area contributed by atoms with Crippen LogP contribution in [0, 0.1) is 0 Å². The van der Waals surface area contributed by atoms with Gasteiger partial charge in [0.05, 0.1) is 0 Å². The lowest BCUT2D eigenvalue weighted by atomic mass is 10.3. The van der Waals surface area contributed by atoms with Gasteiger partial charge in [-0.25, -0.2) is 0 Å². The first-order valence-electron chi connectivity index (χ1n) is 7.18. The van der Waals surface area contributed by atoms with Crippen LogP contribution in [0.25, 0.3) is 0 Å². The summed E-state index contributed by atoms with van der Waals surface area (Å²) >= 11 is 37.9. The Labute approximate surface area is 172 Å². The van der Waals surface area contributed by atoms with Gasteiger partial charge in [0.15, 0.2) is 0 Å². The van der Waals surface area contributed by atoms with Crippen molar-refractivity contribution in [3.05, 3.63) is 0 Å². The molecule has 0 aromatic carbocycles. The first-order chi connectivity index (χ1) is 10.9. The molecule has 24 heavy (non-hydrogen) atoms. The van der Waals surface area contributed by atoms with Crippen molar-refractivity contribution in [2.75, 3.05) is 13.1 Å². The predicted octanol–water partition coefficient (Wildman–Crippen LogP) is 10.00. The smallest absolute Gasteiger partial charge is 0.253 e. The Balaban J connectivity index is 3.39. The molecule has 1 rings (SSSR count). The zero-order chi connectivity index (χ0) is 18.5. The maximum Gasteiger partial charge on any atom is 0.257 e. The summed E-state index contributed by atoms with van der Waals surface area (Å²) in [6, 6.07) is 0. The Bertz CT molecular complexity index is 630. The highest BCUT2D eigenvalue weighted by Crippen LogP contribution is 2.84. The van der Waals surface area contributed by atoms with Gasteiger partial charge in [-0.2, -0.15) is 18.1 Å². The van der Waals surface area contributed by atoms with Crippen molar-refractivity contribution in [2.45, 2.75) is 39.5 Å². The van der Waals surface area contributed by atoms with E-state index in [4.69, 9.17) is 67.4 Å². The Kier molecular flexibility index (Phi) is 10.7. The molecule has 2 N–H and O–H groups in total. The van der Waals surface area contributed by atoms with Gasteiger partial charge in [0, 0.05) is 13.1 Å². The highest BCUT2D eigenvalue weighted by Gasteiger charge is 2.32. The molecule has 0 aromatic rings. The first kappa shape index (κ1) is 24.6. The maximum atomic E-state index is 6.60. The average Bonchev–Trinajstić information content (AvgIpc) is 2.34. The molecule has 2 atom stereocenters. The van der Waals surface area contributed by atoms with E-state index in [0.717, 1.165) is 25.7 Å². The van der Waals surface area contributed by atoms with Crippen molar-refractivity contribution in [1.29, 1.82) is 0 Å². The van der Waals surface area contributed by atoms with E-state index in [-0.39, 0.29) is 0 Å². The van der Waals surface area contributed by atoms with Crippen LogP contribution in [0.1, 0.15) is 39.5 Å². The minimum absolute atomic E-state index is 0.600. The van der Waals surface area contributed by atoms with Crippen molar-refractivity contribution in [3.63, 3.8) is 0 Å². The second kappa shape index (κ2) is 10.4. The lowest BCUT2D eigenvalue weighted by molar-refractivity contribution is 0.768. The second-order valence-electron chi connectivity index (χ2n) is 4.84. The van der Waals surface area contributed by atoms with Crippen molar-refractivity contribution in [2.24, 2.45) is 18.1 Å². The summed E-state index contributed by atoms with van der Waals surface area (Å²) in [6.07, 6.45) is 3.74. The lowest BCUT2D eigenvalue weighted by Gasteiger charge is -2.24. The van der Waals surface area contributed by atoms with E-state index < -0.39 is 25.2 Å². The van der Waals surface area contributed by atoms with Crippen LogP contribution in [-0.4, -0.2) is 13.1 Å². The zero-order valence-electron chi connectivity index (χ0n) is 13.1. The van der Waals surface area contributed by atoms with Gasteiger partial charge in [0.2, 0.25) is 13.4 Å². The van der Waals surface area contributed by atoms with Gasteiger partial charge in [0.25, 0.3) is 11.8 Å². The number of hydrogen-bond acceptors (Lipinski definition) is 6. The van der Waals surface area contributed by atoms with E-state index in [9.17, 15) is 0 Å². The normalized spacial score (nSPS) is 31.7. The first-order valence-corrected chi connectivity index (χ1v) is 19.4. The lowest BCUT2D eigenvalue weighted by Crippen LogP contribution is -2.11. The van der Waals surface area contributed by atoms with Crippen molar-refractivity contribution in [3.8, 4) is 0 Å². The third-order valence-electron chi connectivity index (χ3n) is 2.59. The van der Waals surface area contributed by atoms with Crippen LogP contribution in [0.3, 0.4) is 0 Å². The Morgan fingerprint density at radius 3 is 1.50 bits per heavy atom. The quantitative estimate of drug-likeness (QED) is 0.239. The fourth-order valence-corrected chi connectivity index (χ4v) is 23.8. The number of unbranched alkanes of at least 4 members (excludes halogenated alkanes) is 2. The highest BCUT2D eigenvalue weighted by atomic mass is 35.9. The van der Waals surface area contributed by atoms with Crippen molar-refractivity contribution < 1.29 is 0 Å². The molecule has 0 aliphatic carbocycles. The number of hydrogen-bond donors (Lipinski definition) is 2. The summed E-state index contributed by atoms with van der Waals surface area (Å²) in [5, 5.41) is 6.21. The monoisotopic (exact) mass is 534 g/mol. The Morgan fingerprint density at radius 2 is 1.04 bits per heavy atom. The van der Waals surface area contributed by atoms with E-state index in [1.165, 1.54) is 0 Å². The number of nitrogens with one attached hydrogen (secondary N) is 2. The van der Waals surface area contributed by atoms with Gasteiger partial charge in [-0.05, 0) is 80.3 Å². The van der Waals surface area contributed by atoms with Crippen molar-refractivity contribution in [1.82, 2.24) is 10.2 Å². The predicted molar refractivity (Wildman–Crippen MR) is 118 cm³/mol. The number of nitrogens with zero attached hydrogens (tertiary/aromatic N) is 4. The van der Waals surface area contributed by atoms with E-state index in [0.29, 0.717) is 13.1 Å². The second-order valence-corrected chi connectivity index (χ2v) is 21.8. The van der Waals surface area contributed by atoms with Gasteiger partial charge in [-0.1, -0.05) is 26.7 Å².